The number of rotatable bonds is 5. The topological polar surface area (TPSA) is 57.6 Å². The number of benzene rings is 3. The van der Waals surface area contributed by atoms with E-state index in [2.05, 4.69) is 63.1 Å². The fourth-order valence-electron chi connectivity index (χ4n) is 5.03. The Morgan fingerprint density at radius 1 is 0.919 bits per heavy atom. The number of halogens is 1. The molecule has 0 bridgehead atoms. The number of nitrogens with one attached hydrogen (secondary N) is 1. The molecule has 4 aromatic rings. The molecule has 6 nitrogen and oxygen atoms in total. The summed E-state index contributed by atoms with van der Waals surface area (Å²) in [5.41, 5.74) is 5.71. The van der Waals surface area contributed by atoms with Gasteiger partial charge in [-0.15, -0.1) is 0 Å². The van der Waals surface area contributed by atoms with Crippen LogP contribution in [0.25, 0.3) is 5.69 Å². The van der Waals surface area contributed by atoms with Gasteiger partial charge in [-0.3, -0.25) is 9.69 Å². The number of aromatic nitrogens is 1. The average Bonchev–Trinajstić information content (AvgIpc) is 3.63. The van der Waals surface area contributed by atoms with Gasteiger partial charge in [-0.05, 0) is 73.9 Å². The number of urea groups is 1. The van der Waals surface area contributed by atoms with Crippen molar-refractivity contribution in [3.05, 3.63) is 112 Å². The van der Waals surface area contributed by atoms with Gasteiger partial charge in [0.1, 0.15) is 12.6 Å². The van der Waals surface area contributed by atoms with Crippen molar-refractivity contribution in [3.8, 4) is 5.69 Å². The lowest BCUT2D eigenvalue weighted by Gasteiger charge is -2.39. The molecule has 186 valence electrons. The number of anilines is 2. The van der Waals surface area contributed by atoms with Crippen LogP contribution < -0.4 is 10.2 Å². The molecule has 1 N–H and O–H groups in total. The van der Waals surface area contributed by atoms with Crippen LogP contribution in [0.5, 0.6) is 0 Å². The molecule has 0 saturated heterocycles. The SMILES string of the molecule is Cc1ccc([C@@H]2c3cccn3-c3ccccc3N2C(=O)CN(C(=O)Nc2ccc(Br)cc2)C2CC2)cc1. The van der Waals surface area contributed by atoms with Crippen LogP contribution in [0.15, 0.2) is 95.6 Å². The molecule has 0 radical (unpaired) electrons. The van der Waals surface area contributed by atoms with Gasteiger partial charge in [0.2, 0.25) is 5.91 Å². The molecule has 1 aliphatic heterocycles. The number of para-hydroxylation sites is 2. The quantitative estimate of drug-likeness (QED) is 0.299. The second kappa shape index (κ2) is 9.56. The summed E-state index contributed by atoms with van der Waals surface area (Å²) in [5, 5.41) is 2.97. The minimum absolute atomic E-state index is 0.00440. The molecule has 7 heteroatoms. The van der Waals surface area contributed by atoms with Gasteiger partial charge in [-0.2, -0.15) is 0 Å². The number of hydrogen-bond acceptors (Lipinski definition) is 2. The zero-order valence-electron chi connectivity index (χ0n) is 20.5. The van der Waals surface area contributed by atoms with E-state index in [-0.39, 0.29) is 30.6 Å². The van der Waals surface area contributed by atoms with E-state index in [0.29, 0.717) is 5.69 Å². The molecule has 1 saturated carbocycles. The number of nitrogens with zero attached hydrogens (tertiary/aromatic N) is 3. The molecule has 3 aromatic carbocycles. The molecule has 1 aromatic heterocycles. The van der Waals surface area contributed by atoms with Gasteiger partial charge >= 0.3 is 6.03 Å². The Labute approximate surface area is 224 Å². The molecule has 0 unspecified atom stereocenters. The Bertz CT molecular complexity index is 1460. The third-order valence-corrected chi connectivity index (χ3v) is 7.56. The molecule has 3 amide bonds. The molecule has 2 heterocycles. The maximum absolute atomic E-state index is 14.2. The van der Waals surface area contributed by atoms with E-state index >= 15 is 0 Å². The number of carbonyl (C=O) groups excluding carboxylic acids is 2. The van der Waals surface area contributed by atoms with Gasteiger partial charge in [0.15, 0.2) is 0 Å². The summed E-state index contributed by atoms with van der Waals surface area (Å²) in [7, 11) is 0. The van der Waals surface area contributed by atoms with Gasteiger partial charge in [-0.25, -0.2) is 4.79 Å². The van der Waals surface area contributed by atoms with Crippen molar-refractivity contribution >= 4 is 39.2 Å². The van der Waals surface area contributed by atoms with Crippen molar-refractivity contribution in [3.63, 3.8) is 0 Å². The molecule has 37 heavy (non-hydrogen) atoms. The fraction of sp³-hybridized carbons (Fsp3) is 0.200. The molecule has 2 aliphatic rings. The van der Waals surface area contributed by atoms with Crippen LogP contribution in [0.1, 0.15) is 35.7 Å². The highest BCUT2D eigenvalue weighted by Gasteiger charge is 2.40. The standard InChI is InChI=1S/C30H27BrN4O2/c1-20-8-10-21(11-9-20)29-27-7-4-18-33(27)25-5-2-3-6-26(25)35(29)28(36)19-34(24-16-17-24)30(37)32-23-14-12-22(31)13-15-23/h2-15,18,24,29H,16-17,19H2,1H3,(H,32,37)/t29-/m1/s1. The van der Waals surface area contributed by atoms with Gasteiger partial charge < -0.3 is 14.8 Å². The lowest BCUT2D eigenvalue weighted by molar-refractivity contribution is -0.119. The van der Waals surface area contributed by atoms with Crippen molar-refractivity contribution in [2.45, 2.75) is 31.8 Å². The Morgan fingerprint density at radius 3 is 2.32 bits per heavy atom. The van der Waals surface area contributed by atoms with Crippen LogP contribution in [-0.2, 0) is 4.79 Å². The Balaban J connectivity index is 1.35. The highest BCUT2D eigenvalue weighted by atomic mass is 79.9. The third-order valence-electron chi connectivity index (χ3n) is 7.03. The molecular formula is C30H27BrN4O2. The lowest BCUT2D eigenvalue weighted by atomic mass is 9.97. The van der Waals surface area contributed by atoms with Gasteiger partial charge in [0, 0.05) is 22.4 Å². The van der Waals surface area contributed by atoms with Crippen LogP contribution in [0, 0.1) is 6.92 Å². The van der Waals surface area contributed by atoms with Gasteiger partial charge in [-0.1, -0.05) is 57.9 Å². The van der Waals surface area contributed by atoms with E-state index < -0.39 is 0 Å². The summed E-state index contributed by atoms with van der Waals surface area (Å²) in [4.78, 5) is 31.1. The van der Waals surface area contributed by atoms with Crippen LogP contribution >= 0.6 is 15.9 Å². The summed E-state index contributed by atoms with van der Waals surface area (Å²) in [6.45, 7) is 2.06. The maximum Gasteiger partial charge on any atom is 0.322 e. The summed E-state index contributed by atoms with van der Waals surface area (Å²) < 4.78 is 3.10. The van der Waals surface area contributed by atoms with Crippen molar-refractivity contribution in [2.24, 2.45) is 0 Å². The fourth-order valence-corrected chi connectivity index (χ4v) is 5.29. The Hall–Kier alpha value is -3.84. The number of aryl methyl sites for hydroxylation is 1. The minimum atomic E-state index is -0.298. The van der Waals surface area contributed by atoms with E-state index in [0.717, 1.165) is 45.5 Å². The predicted octanol–water partition coefficient (Wildman–Crippen LogP) is 6.68. The van der Waals surface area contributed by atoms with E-state index in [9.17, 15) is 9.59 Å². The average molecular weight is 555 g/mol. The van der Waals surface area contributed by atoms with Crippen molar-refractivity contribution in [2.75, 3.05) is 16.8 Å². The highest BCUT2D eigenvalue weighted by molar-refractivity contribution is 9.10. The number of hydrogen-bond donors (Lipinski definition) is 1. The number of fused-ring (bicyclic) bond motifs is 3. The van der Waals surface area contributed by atoms with Crippen LogP contribution in [0.4, 0.5) is 16.2 Å². The van der Waals surface area contributed by atoms with E-state index in [1.54, 1.807) is 4.90 Å². The molecule has 1 fully saturated rings. The largest absolute Gasteiger partial charge is 0.322 e. The smallest absolute Gasteiger partial charge is 0.316 e. The summed E-state index contributed by atoms with van der Waals surface area (Å²) >= 11 is 3.43. The van der Waals surface area contributed by atoms with Crippen molar-refractivity contribution in [1.82, 2.24) is 9.47 Å². The highest BCUT2D eigenvalue weighted by Crippen LogP contribution is 2.42. The van der Waals surface area contributed by atoms with Gasteiger partial charge in [0.05, 0.1) is 17.1 Å². The van der Waals surface area contributed by atoms with Gasteiger partial charge in [0.25, 0.3) is 0 Å². The first kappa shape index (κ1) is 23.6. The summed E-state index contributed by atoms with van der Waals surface area (Å²) in [5.74, 6) is -0.108. The minimum Gasteiger partial charge on any atom is -0.316 e. The van der Waals surface area contributed by atoms with E-state index in [1.165, 1.54) is 0 Å². The normalized spacial score (nSPS) is 16.1. The summed E-state index contributed by atoms with van der Waals surface area (Å²) in [6.07, 6.45) is 3.85. The first-order valence-electron chi connectivity index (χ1n) is 12.5. The number of amides is 3. The second-order valence-electron chi connectivity index (χ2n) is 9.66. The first-order chi connectivity index (χ1) is 18.0. The van der Waals surface area contributed by atoms with E-state index in [1.807, 2.05) is 65.7 Å². The lowest BCUT2D eigenvalue weighted by Crippen LogP contribution is -2.48. The molecule has 6 rings (SSSR count). The second-order valence-corrected chi connectivity index (χ2v) is 10.6. The summed E-state index contributed by atoms with van der Waals surface area (Å²) in [6, 6.07) is 27.4. The predicted molar refractivity (Wildman–Crippen MR) is 149 cm³/mol. The molecular weight excluding hydrogens is 528 g/mol. The molecule has 1 atom stereocenters. The van der Waals surface area contributed by atoms with Crippen molar-refractivity contribution in [1.29, 1.82) is 0 Å². The third kappa shape index (κ3) is 4.55. The van der Waals surface area contributed by atoms with Crippen molar-refractivity contribution < 1.29 is 9.59 Å². The molecule has 1 aliphatic carbocycles. The molecule has 0 spiro atoms. The zero-order valence-corrected chi connectivity index (χ0v) is 22.1. The zero-order chi connectivity index (χ0) is 25.5. The Morgan fingerprint density at radius 2 is 1.62 bits per heavy atom. The van der Waals surface area contributed by atoms with E-state index in [4.69, 9.17) is 0 Å². The first-order valence-corrected chi connectivity index (χ1v) is 13.3. The monoisotopic (exact) mass is 554 g/mol. The van der Waals surface area contributed by atoms with Crippen LogP contribution in [0.3, 0.4) is 0 Å². The maximum atomic E-state index is 14.2. The Kier molecular flexibility index (Phi) is 6.08. The van der Waals surface area contributed by atoms with Crippen LogP contribution in [-0.4, -0.2) is 34.0 Å². The number of carbonyl (C=O) groups is 2. The van der Waals surface area contributed by atoms with Crippen LogP contribution in [0.2, 0.25) is 0 Å².